The van der Waals surface area contributed by atoms with Crippen molar-refractivity contribution < 1.29 is 5.11 Å². The molecule has 0 unspecified atom stereocenters. The number of aliphatic hydroxyl groups is 1. The van der Waals surface area contributed by atoms with Gasteiger partial charge in [0.15, 0.2) is 0 Å². The first-order chi connectivity index (χ1) is 16.1. The zero-order chi connectivity index (χ0) is 22.6. The van der Waals surface area contributed by atoms with E-state index >= 15 is 0 Å². The number of rotatable bonds is 6. The summed E-state index contributed by atoms with van der Waals surface area (Å²) in [5.74, 6) is 1.97. The molecule has 7 nitrogen and oxygen atoms in total. The first kappa shape index (κ1) is 22.8. The molecule has 3 aliphatic rings. The second kappa shape index (κ2) is 10.5. The maximum absolute atomic E-state index is 9.91. The fourth-order valence-corrected chi connectivity index (χ4v) is 5.91. The van der Waals surface area contributed by atoms with Crippen molar-refractivity contribution in [2.24, 2.45) is 0 Å². The van der Waals surface area contributed by atoms with Crippen LogP contribution >= 0.6 is 11.6 Å². The van der Waals surface area contributed by atoms with Gasteiger partial charge in [-0.15, -0.1) is 0 Å². The van der Waals surface area contributed by atoms with Gasteiger partial charge in [0.05, 0.1) is 6.10 Å². The summed E-state index contributed by atoms with van der Waals surface area (Å²) in [6, 6.07) is 4.76. The standard InChI is InChI=1S/C25H35ClN6O/c26-23-15-19(9-12-27-23)30-25-28-16-22(24(31-25)29-18-5-7-21(33)8-6-18)17-10-13-32(14-11-17)20-3-1-2-4-20/h9,12,15-18,20-21,33H,1-8,10-11,13-14H2,(H2,27,28,29,30,31). The quantitative estimate of drug-likeness (QED) is 0.506. The van der Waals surface area contributed by atoms with Gasteiger partial charge in [0.25, 0.3) is 0 Å². The first-order valence-corrected chi connectivity index (χ1v) is 13.0. The molecule has 33 heavy (non-hydrogen) atoms. The molecule has 3 N–H and O–H groups in total. The smallest absolute Gasteiger partial charge is 0.229 e. The Morgan fingerprint density at radius 2 is 1.73 bits per heavy atom. The molecule has 0 atom stereocenters. The minimum absolute atomic E-state index is 0.165. The van der Waals surface area contributed by atoms with Crippen molar-refractivity contribution >= 4 is 29.1 Å². The lowest BCUT2D eigenvalue weighted by Crippen LogP contribution is -2.39. The molecule has 3 heterocycles. The minimum atomic E-state index is -0.165. The van der Waals surface area contributed by atoms with Crippen LogP contribution in [0.15, 0.2) is 24.5 Å². The number of aliphatic hydroxyl groups excluding tert-OH is 1. The molecule has 0 amide bonds. The summed E-state index contributed by atoms with van der Waals surface area (Å²) in [6.45, 7) is 2.33. The van der Waals surface area contributed by atoms with E-state index in [0.29, 0.717) is 23.1 Å². The van der Waals surface area contributed by atoms with Gasteiger partial charge in [-0.2, -0.15) is 4.98 Å². The SMILES string of the molecule is OC1CCC(Nc2nc(Nc3ccnc(Cl)c3)ncc2C2CCN(C3CCCC3)CC2)CC1. The molecule has 0 spiro atoms. The van der Waals surface area contributed by atoms with Gasteiger partial charge in [0.2, 0.25) is 5.95 Å². The first-order valence-electron chi connectivity index (χ1n) is 12.6. The molecule has 3 fully saturated rings. The Bertz CT molecular complexity index is 921. The molecule has 2 aromatic heterocycles. The highest BCUT2D eigenvalue weighted by Crippen LogP contribution is 2.36. The van der Waals surface area contributed by atoms with E-state index < -0.39 is 0 Å². The van der Waals surface area contributed by atoms with Crippen molar-refractivity contribution in [3.8, 4) is 0 Å². The van der Waals surface area contributed by atoms with Gasteiger partial charge >= 0.3 is 0 Å². The lowest BCUT2D eigenvalue weighted by molar-refractivity contribution is 0.126. The number of nitrogens with zero attached hydrogens (tertiary/aromatic N) is 4. The molecule has 1 saturated heterocycles. The Hall–Kier alpha value is -1.96. The maximum Gasteiger partial charge on any atom is 0.229 e. The van der Waals surface area contributed by atoms with Gasteiger partial charge in [-0.1, -0.05) is 24.4 Å². The third-order valence-electron chi connectivity index (χ3n) is 7.65. The summed E-state index contributed by atoms with van der Waals surface area (Å²) in [5.41, 5.74) is 2.05. The van der Waals surface area contributed by atoms with Gasteiger partial charge < -0.3 is 20.6 Å². The van der Waals surface area contributed by atoms with Crippen LogP contribution in [0.5, 0.6) is 0 Å². The lowest BCUT2D eigenvalue weighted by atomic mass is 9.88. The Morgan fingerprint density at radius 3 is 2.45 bits per heavy atom. The minimum Gasteiger partial charge on any atom is -0.393 e. The third-order valence-corrected chi connectivity index (χ3v) is 7.85. The van der Waals surface area contributed by atoms with Crippen LogP contribution < -0.4 is 10.6 Å². The molecule has 0 bridgehead atoms. The molecule has 8 heteroatoms. The van der Waals surface area contributed by atoms with E-state index in [4.69, 9.17) is 16.6 Å². The normalized spacial score (nSPS) is 25.3. The van der Waals surface area contributed by atoms with Gasteiger partial charge in [0.1, 0.15) is 11.0 Å². The lowest BCUT2D eigenvalue weighted by Gasteiger charge is -2.36. The number of piperidine rings is 1. The molecule has 2 saturated carbocycles. The number of aromatic nitrogens is 3. The number of anilines is 3. The Labute approximate surface area is 201 Å². The highest BCUT2D eigenvalue weighted by Gasteiger charge is 2.30. The van der Waals surface area contributed by atoms with Crippen molar-refractivity contribution in [2.45, 2.75) is 88.3 Å². The topological polar surface area (TPSA) is 86.2 Å². The average Bonchev–Trinajstić information content (AvgIpc) is 3.36. The van der Waals surface area contributed by atoms with Crippen LogP contribution in [0.25, 0.3) is 0 Å². The molecule has 2 aliphatic carbocycles. The van der Waals surface area contributed by atoms with E-state index in [9.17, 15) is 5.11 Å². The predicted molar refractivity (Wildman–Crippen MR) is 132 cm³/mol. The van der Waals surface area contributed by atoms with E-state index in [-0.39, 0.29) is 6.10 Å². The number of halogens is 1. The van der Waals surface area contributed by atoms with Gasteiger partial charge in [0, 0.05) is 35.7 Å². The number of hydrogen-bond donors (Lipinski definition) is 3. The third kappa shape index (κ3) is 5.76. The van der Waals surface area contributed by atoms with Gasteiger partial charge in [-0.3, -0.25) is 0 Å². The van der Waals surface area contributed by atoms with E-state index in [1.165, 1.54) is 44.3 Å². The van der Waals surface area contributed by atoms with Crippen LogP contribution in [0.1, 0.15) is 75.7 Å². The van der Waals surface area contributed by atoms with Crippen molar-refractivity contribution in [1.82, 2.24) is 19.9 Å². The van der Waals surface area contributed by atoms with E-state index in [1.54, 1.807) is 12.3 Å². The van der Waals surface area contributed by atoms with Crippen LogP contribution in [0.2, 0.25) is 5.15 Å². The summed E-state index contributed by atoms with van der Waals surface area (Å²) in [5, 5.41) is 17.3. The number of pyridine rings is 1. The average molecular weight is 471 g/mol. The highest BCUT2D eigenvalue weighted by atomic mass is 35.5. The number of nitrogens with one attached hydrogen (secondary N) is 2. The molecular formula is C25H35ClN6O. The van der Waals surface area contributed by atoms with Crippen molar-refractivity contribution in [2.75, 3.05) is 23.7 Å². The molecule has 1 aliphatic heterocycles. The largest absolute Gasteiger partial charge is 0.393 e. The Morgan fingerprint density at radius 1 is 0.970 bits per heavy atom. The predicted octanol–water partition coefficient (Wildman–Crippen LogP) is 5.11. The highest BCUT2D eigenvalue weighted by molar-refractivity contribution is 6.29. The molecule has 0 radical (unpaired) electrons. The molecule has 5 rings (SSSR count). The summed E-state index contributed by atoms with van der Waals surface area (Å²) in [4.78, 5) is 16.3. The van der Waals surface area contributed by atoms with Crippen LogP contribution in [-0.4, -0.2) is 56.2 Å². The molecule has 2 aromatic rings. The van der Waals surface area contributed by atoms with E-state index in [1.807, 2.05) is 12.3 Å². The zero-order valence-electron chi connectivity index (χ0n) is 19.2. The molecular weight excluding hydrogens is 436 g/mol. The summed E-state index contributed by atoms with van der Waals surface area (Å²) in [6.07, 6.45) is 15.0. The van der Waals surface area contributed by atoms with Crippen molar-refractivity contribution in [1.29, 1.82) is 0 Å². The second-order valence-corrected chi connectivity index (χ2v) is 10.3. The zero-order valence-corrected chi connectivity index (χ0v) is 20.0. The van der Waals surface area contributed by atoms with Crippen LogP contribution in [0, 0.1) is 0 Å². The number of hydrogen-bond acceptors (Lipinski definition) is 7. The second-order valence-electron chi connectivity index (χ2n) is 9.89. The fourth-order valence-electron chi connectivity index (χ4n) is 5.73. The monoisotopic (exact) mass is 470 g/mol. The van der Waals surface area contributed by atoms with E-state index in [0.717, 1.165) is 56.1 Å². The summed E-state index contributed by atoms with van der Waals surface area (Å²) < 4.78 is 0. The fraction of sp³-hybridized carbons (Fsp3) is 0.640. The van der Waals surface area contributed by atoms with E-state index in [2.05, 4.69) is 25.5 Å². The van der Waals surface area contributed by atoms with Gasteiger partial charge in [-0.25, -0.2) is 9.97 Å². The molecule has 178 valence electrons. The Kier molecular flexibility index (Phi) is 7.28. The maximum atomic E-state index is 9.91. The van der Waals surface area contributed by atoms with Crippen molar-refractivity contribution in [3.05, 3.63) is 35.2 Å². The molecule has 0 aromatic carbocycles. The summed E-state index contributed by atoms with van der Waals surface area (Å²) in [7, 11) is 0. The Balaban J connectivity index is 1.33. The number of likely N-dealkylation sites (tertiary alicyclic amines) is 1. The van der Waals surface area contributed by atoms with Gasteiger partial charge in [-0.05, 0) is 82.5 Å². The van der Waals surface area contributed by atoms with Crippen molar-refractivity contribution in [3.63, 3.8) is 0 Å². The van der Waals surface area contributed by atoms with Crippen LogP contribution in [0.4, 0.5) is 17.5 Å². The van der Waals surface area contributed by atoms with Crippen LogP contribution in [0.3, 0.4) is 0 Å². The summed E-state index contributed by atoms with van der Waals surface area (Å²) >= 11 is 6.04. The van der Waals surface area contributed by atoms with Crippen LogP contribution in [-0.2, 0) is 0 Å².